The normalized spacial score (nSPS) is 10.7. The molecule has 0 aliphatic rings. The highest BCUT2D eigenvalue weighted by Crippen LogP contribution is 2.19. The van der Waals surface area contributed by atoms with Crippen LogP contribution in [0.3, 0.4) is 0 Å². The fraction of sp³-hybridized carbons (Fsp3) is 0.273. The summed E-state index contributed by atoms with van der Waals surface area (Å²) >= 11 is 3.36. The second-order valence-corrected chi connectivity index (χ2v) is 4.27. The van der Waals surface area contributed by atoms with Crippen molar-refractivity contribution in [1.29, 1.82) is 0 Å². The molecule has 0 fully saturated rings. The largest absolute Gasteiger partial charge is 0.462 e. The summed E-state index contributed by atoms with van der Waals surface area (Å²) in [7, 11) is 0. The number of nitrogens with zero attached hydrogens (tertiary/aromatic N) is 2. The highest BCUT2D eigenvalue weighted by Gasteiger charge is 2.17. The van der Waals surface area contributed by atoms with Crippen LogP contribution in [0.15, 0.2) is 22.8 Å². The van der Waals surface area contributed by atoms with Crippen molar-refractivity contribution in [2.45, 2.75) is 13.8 Å². The maximum Gasteiger partial charge on any atom is 0.342 e. The molecule has 0 radical (unpaired) electrons. The van der Waals surface area contributed by atoms with E-state index in [9.17, 15) is 4.79 Å². The number of carbonyl (C=O) groups excluding carboxylic acids is 1. The first-order valence-electron chi connectivity index (χ1n) is 4.95. The Labute approximate surface area is 101 Å². The topological polar surface area (TPSA) is 43.6 Å². The second kappa shape index (κ2) is 4.25. The standard InChI is InChI=1S/C11H11BrN2O2/c1-3-16-11(15)10-7(2)13-14-6-8(12)4-5-9(10)14/h4-6H,3H2,1-2H3. The van der Waals surface area contributed by atoms with Crippen LogP contribution in [0.2, 0.25) is 0 Å². The van der Waals surface area contributed by atoms with Gasteiger partial charge in [0.05, 0.1) is 17.8 Å². The summed E-state index contributed by atoms with van der Waals surface area (Å²) in [5, 5.41) is 4.26. The lowest BCUT2D eigenvalue weighted by atomic mass is 10.2. The van der Waals surface area contributed by atoms with Crippen LogP contribution in [-0.4, -0.2) is 22.2 Å². The lowest BCUT2D eigenvalue weighted by Gasteiger charge is -2.00. The van der Waals surface area contributed by atoms with Crippen LogP contribution in [0.1, 0.15) is 23.0 Å². The number of pyridine rings is 1. The summed E-state index contributed by atoms with van der Waals surface area (Å²) in [6.45, 7) is 3.95. The number of hydrogen-bond acceptors (Lipinski definition) is 3. The minimum Gasteiger partial charge on any atom is -0.462 e. The van der Waals surface area contributed by atoms with Gasteiger partial charge in [-0.1, -0.05) is 0 Å². The van der Waals surface area contributed by atoms with E-state index in [-0.39, 0.29) is 5.97 Å². The van der Waals surface area contributed by atoms with Crippen molar-refractivity contribution < 1.29 is 9.53 Å². The molecule has 0 bridgehead atoms. The third-order valence-corrected chi connectivity index (χ3v) is 2.72. The van der Waals surface area contributed by atoms with Crippen LogP contribution in [0.25, 0.3) is 5.52 Å². The van der Waals surface area contributed by atoms with E-state index < -0.39 is 0 Å². The summed E-state index contributed by atoms with van der Waals surface area (Å²) < 4.78 is 7.59. The zero-order valence-electron chi connectivity index (χ0n) is 9.03. The van der Waals surface area contributed by atoms with Crippen LogP contribution in [0.5, 0.6) is 0 Å². The SMILES string of the molecule is CCOC(=O)c1c(C)nn2cc(Br)ccc12. The van der Waals surface area contributed by atoms with Crippen molar-refractivity contribution in [2.75, 3.05) is 6.61 Å². The second-order valence-electron chi connectivity index (χ2n) is 3.36. The fourth-order valence-corrected chi connectivity index (χ4v) is 1.92. The molecule has 0 amide bonds. The maximum atomic E-state index is 11.7. The third kappa shape index (κ3) is 1.82. The van der Waals surface area contributed by atoms with Crippen molar-refractivity contribution in [3.8, 4) is 0 Å². The minimum absolute atomic E-state index is 0.322. The van der Waals surface area contributed by atoms with Crippen molar-refractivity contribution in [3.63, 3.8) is 0 Å². The van der Waals surface area contributed by atoms with Crippen LogP contribution >= 0.6 is 15.9 Å². The van der Waals surface area contributed by atoms with E-state index in [0.29, 0.717) is 17.9 Å². The van der Waals surface area contributed by atoms with Crippen LogP contribution in [0, 0.1) is 6.92 Å². The Morgan fingerprint density at radius 1 is 1.56 bits per heavy atom. The Morgan fingerprint density at radius 2 is 2.31 bits per heavy atom. The van der Waals surface area contributed by atoms with Gasteiger partial charge in [-0.05, 0) is 41.9 Å². The van der Waals surface area contributed by atoms with Crippen molar-refractivity contribution in [1.82, 2.24) is 9.61 Å². The molecule has 2 aromatic rings. The Kier molecular flexibility index (Phi) is 2.96. The molecule has 0 N–H and O–H groups in total. The number of ether oxygens (including phenoxy) is 1. The molecule has 5 heteroatoms. The molecular formula is C11H11BrN2O2. The average Bonchev–Trinajstić information content (AvgIpc) is 2.53. The quantitative estimate of drug-likeness (QED) is 0.796. The zero-order valence-corrected chi connectivity index (χ0v) is 10.6. The number of fused-ring (bicyclic) bond motifs is 1. The molecule has 2 heterocycles. The molecule has 4 nitrogen and oxygen atoms in total. The molecule has 2 aromatic heterocycles. The molecule has 2 rings (SSSR count). The fourth-order valence-electron chi connectivity index (χ4n) is 1.60. The Balaban J connectivity index is 2.60. The zero-order chi connectivity index (χ0) is 11.7. The van der Waals surface area contributed by atoms with Gasteiger partial charge in [-0.2, -0.15) is 5.10 Å². The molecule has 0 aliphatic heterocycles. The van der Waals surface area contributed by atoms with E-state index in [1.165, 1.54) is 0 Å². The van der Waals surface area contributed by atoms with Gasteiger partial charge in [0, 0.05) is 10.7 Å². The van der Waals surface area contributed by atoms with Gasteiger partial charge in [0.2, 0.25) is 0 Å². The van der Waals surface area contributed by atoms with E-state index in [4.69, 9.17) is 4.74 Å². The van der Waals surface area contributed by atoms with Crippen LogP contribution < -0.4 is 0 Å². The number of aryl methyl sites for hydroxylation is 1. The number of halogens is 1. The first-order valence-corrected chi connectivity index (χ1v) is 5.74. The average molecular weight is 283 g/mol. The van der Waals surface area contributed by atoms with Crippen LogP contribution in [-0.2, 0) is 4.74 Å². The maximum absolute atomic E-state index is 11.7. The smallest absolute Gasteiger partial charge is 0.342 e. The Hall–Kier alpha value is -1.36. The molecule has 84 valence electrons. The summed E-state index contributed by atoms with van der Waals surface area (Å²) in [6, 6.07) is 3.72. The molecule has 0 unspecified atom stereocenters. The molecule has 0 spiro atoms. The molecule has 0 aliphatic carbocycles. The number of aromatic nitrogens is 2. The molecule has 0 aromatic carbocycles. The summed E-state index contributed by atoms with van der Waals surface area (Å²) in [4.78, 5) is 11.7. The predicted octanol–water partition coefficient (Wildman–Crippen LogP) is 2.58. The number of hydrogen-bond donors (Lipinski definition) is 0. The van der Waals surface area contributed by atoms with Gasteiger partial charge in [-0.3, -0.25) is 0 Å². The number of carbonyl (C=O) groups is 1. The van der Waals surface area contributed by atoms with Crippen LogP contribution in [0.4, 0.5) is 0 Å². The monoisotopic (exact) mass is 282 g/mol. The van der Waals surface area contributed by atoms with E-state index in [1.54, 1.807) is 18.4 Å². The summed E-state index contributed by atoms with van der Waals surface area (Å²) in [5.41, 5.74) is 1.98. The molecule has 0 saturated heterocycles. The van der Waals surface area contributed by atoms with E-state index in [0.717, 1.165) is 9.99 Å². The molecule has 0 atom stereocenters. The van der Waals surface area contributed by atoms with Gasteiger partial charge < -0.3 is 4.74 Å². The van der Waals surface area contributed by atoms with Crippen molar-refractivity contribution in [2.24, 2.45) is 0 Å². The third-order valence-electron chi connectivity index (χ3n) is 2.25. The van der Waals surface area contributed by atoms with Gasteiger partial charge >= 0.3 is 5.97 Å². The number of rotatable bonds is 2. The van der Waals surface area contributed by atoms with Crippen molar-refractivity contribution in [3.05, 3.63) is 34.1 Å². The van der Waals surface area contributed by atoms with Gasteiger partial charge in [-0.25, -0.2) is 9.31 Å². The molecular weight excluding hydrogens is 272 g/mol. The number of esters is 1. The predicted molar refractivity (Wildman–Crippen MR) is 63.6 cm³/mol. The lowest BCUT2D eigenvalue weighted by Crippen LogP contribution is -2.05. The van der Waals surface area contributed by atoms with E-state index in [2.05, 4.69) is 21.0 Å². The minimum atomic E-state index is -0.322. The summed E-state index contributed by atoms with van der Waals surface area (Å²) in [5.74, 6) is -0.322. The summed E-state index contributed by atoms with van der Waals surface area (Å²) in [6.07, 6.45) is 1.81. The van der Waals surface area contributed by atoms with E-state index >= 15 is 0 Å². The van der Waals surface area contributed by atoms with Gasteiger partial charge in [-0.15, -0.1) is 0 Å². The molecule has 0 saturated carbocycles. The Morgan fingerprint density at radius 3 is 3.00 bits per heavy atom. The Bertz CT molecular complexity index is 548. The van der Waals surface area contributed by atoms with Crippen molar-refractivity contribution >= 4 is 27.4 Å². The molecule has 16 heavy (non-hydrogen) atoms. The highest BCUT2D eigenvalue weighted by atomic mass is 79.9. The van der Waals surface area contributed by atoms with E-state index in [1.807, 2.05) is 18.3 Å². The highest BCUT2D eigenvalue weighted by molar-refractivity contribution is 9.10. The van der Waals surface area contributed by atoms with Gasteiger partial charge in [0.1, 0.15) is 5.56 Å². The van der Waals surface area contributed by atoms with Gasteiger partial charge in [0.15, 0.2) is 0 Å². The van der Waals surface area contributed by atoms with Gasteiger partial charge in [0.25, 0.3) is 0 Å². The first-order chi connectivity index (χ1) is 7.63. The lowest BCUT2D eigenvalue weighted by molar-refractivity contribution is 0.0528. The first kappa shape index (κ1) is 11.1.